The number of carbonyl (C=O) groups excluding carboxylic acids is 1. The fourth-order valence-corrected chi connectivity index (χ4v) is 3.32. The van der Waals surface area contributed by atoms with Crippen molar-refractivity contribution in [3.8, 4) is 0 Å². The smallest absolute Gasteiger partial charge is 0.251 e. The quantitative estimate of drug-likeness (QED) is 0.777. The highest BCUT2D eigenvalue weighted by atomic mass is 32.2. The first-order valence-corrected chi connectivity index (χ1v) is 9.83. The number of rotatable bonds is 4. The molecular formula is C20H19NO3S. The number of hydrogen-bond donors (Lipinski definition) is 1. The highest BCUT2D eigenvalue weighted by Gasteiger charge is 2.13. The van der Waals surface area contributed by atoms with Gasteiger partial charge in [0.05, 0.1) is 10.9 Å². The van der Waals surface area contributed by atoms with E-state index in [1.165, 1.54) is 24.3 Å². The van der Waals surface area contributed by atoms with Crippen LogP contribution in [0.15, 0.2) is 71.6 Å². The van der Waals surface area contributed by atoms with Crippen LogP contribution in [-0.2, 0) is 9.84 Å². The minimum Gasteiger partial charge on any atom is -0.346 e. The van der Waals surface area contributed by atoms with Gasteiger partial charge in [0, 0.05) is 11.8 Å². The summed E-state index contributed by atoms with van der Waals surface area (Å²) < 4.78 is 23.0. The van der Waals surface area contributed by atoms with Gasteiger partial charge < -0.3 is 5.32 Å². The molecule has 0 saturated carbocycles. The molecule has 0 aromatic heterocycles. The van der Waals surface area contributed by atoms with Crippen molar-refractivity contribution in [2.75, 3.05) is 6.26 Å². The monoisotopic (exact) mass is 353 g/mol. The van der Waals surface area contributed by atoms with Gasteiger partial charge in [-0.3, -0.25) is 4.79 Å². The molecule has 1 N–H and O–H groups in total. The first-order chi connectivity index (χ1) is 11.8. The standard InChI is InChI=1S/C20H19NO3S/c1-14(17-8-7-15-5-3-4-6-18(15)13-17)21-20(22)16-9-11-19(12-10-16)25(2,23)24/h3-14H,1-2H3,(H,21,22). The molecule has 0 bridgehead atoms. The predicted molar refractivity (Wildman–Crippen MR) is 99.4 cm³/mol. The van der Waals surface area contributed by atoms with Crippen LogP contribution in [0.25, 0.3) is 10.8 Å². The van der Waals surface area contributed by atoms with Crippen LogP contribution in [0.3, 0.4) is 0 Å². The van der Waals surface area contributed by atoms with E-state index in [1.807, 2.05) is 43.3 Å². The molecule has 3 aromatic carbocycles. The zero-order valence-corrected chi connectivity index (χ0v) is 14.9. The Hall–Kier alpha value is -2.66. The van der Waals surface area contributed by atoms with E-state index in [-0.39, 0.29) is 16.8 Å². The Balaban J connectivity index is 1.77. The van der Waals surface area contributed by atoms with E-state index in [0.717, 1.165) is 22.6 Å². The molecule has 0 saturated heterocycles. The maximum atomic E-state index is 12.4. The summed E-state index contributed by atoms with van der Waals surface area (Å²) in [5.41, 5.74) is 1.44. The first-order valence-electron chi connectivity index (χ1n) is 7.94. The van der Waals surface area contributed by atoms with Crippen molar-refractivity contribution in [1.82, 2.24) is 5.32 Å². The number of fused-ring (bicyclic) bond motifs is 1. The van der Waals surface area contributed by atoms with Crippen LogP contribution in [0.1, 0.15) is 28.9 Å². The Kier molecular flexibility index (Phi) is 4.59. The van der Waals surface area contributed by atoms with E-state index < -0.39 is 9.84 Å². The molecule has 1 unspecified atom stereocenters. The topological polar surface area (TPSA) is 63.2 Å². The van der Waals surface area contributed by atoms with Crippen LogP contribution < -0.4 is 5.32 Å². The van der Waals surface area contributed by atoms with E-state index in [1.54, 1.807) is 0 Å². The van der Waals surface area contributed by atoms with Crippen LogP contribution in [0.4, 0.5) is 0 Å². The summed E-state index contributed by atoms with van der Waals surface area (Å²) in [5, 5.41) is 5.22. The maximum absolute atomic E-state index is 12.4. The average molecular weight is 353 g/mol. The zero-order chi connectivity index (χ0) is 18.0. The largest absolute Gasteiger partial charge is 0.346 e. The summed E-state index contributed by atoms with van der Waals surface area (Å²) in [6.45, 7) is 1.92. The molecule has 0 radical (unpaired) electrons. The van der Waals surface area contributed by atoms with Crippen molar-refractivity contribution in [3.63, 3.8) is 0 Å². The predicted octanol–water partition coefficient (Wildman–Crippen LogP) is 3.73. The fourth-order valence-electron chi connectivity index (χ4n) is 2.69. The molecule has 1 atom stereocenters. The lowest BCUT2D eigenvalue weighted by atomic mass is 10.0. The SMILES string of the molecule is CC(NC(=O)c1ccc(S(C)(=O)=O)cc1)c1ccc2ccccc2c1. The van der Waals surface area contributed by atoms with Crippen LogP contribution in [0.2, 0.25) is 0 Å². The van der Waals surface area contributed by atoms with Crippen LogP contribution >= 0.6 is 0 Å². The van der Waals surface area contributed by atoms with Crippen molar-refractivity contribution in [3.05, 3.63) is 77.9 Å². The molecule has 25 heavy (non-hydrogen) atoms. The lowest BCUT2D eigenvalue weighted by Gasteiger charge is -2.15. The Morgan fingerprint density at radius 3 is 2.20 bits per heavy atom. The van der Waals surface area contributed by atoms with Gasteiger partial charge in [-0.05, 0) is 53.6 Å². The van der Waals surface area contributed by atoms with E-state index in [2.05, 4.69) is 11.4 Å². The summed E-state index contributed by atoms with van der Waals surface area (Å²) in [6, 6.07) is 20.0. The van der Waals surface area contributed by atoms with Gasteiger partial charge >= 0.3 is 0 Å². The summed E-state index contributed by atoms with van der Waals surface area (Å²) in [5.74, 6) is -0.235. The second kappa shape index (κ2) is 6.69. The Morgan fingerprint density at radius 1 is 0.920 bits per heavy atom. The molecule has 4 nitrogen and oxygen atoms in total. The Bertz CT molecular complexity index is 1020. The van der Waals surface area contributed by atoms with Crippen molar-refractivity contribution in [1.29, 1.82) is 0 Å². The number of carbonyl (C=O) groups is 1. The molecule has 5 heteroatoms. The highest BCUT2D eigenvalue weighted by molar-refractivity contribution is 7.90. The lowest BCUT2D eigenvalue weighted by molar-refractivity contribution is 0.0940. The third kappa shape index (κ3) is 3.88. The Labute approximate surface area is 147 Å². The molecule has 0 aliphatic heterocycles. The lowest BCUT2D eigenvalue weighted by Crippen LogP contribution is -2.26. The number of hydrogen-bond acceptors (Lipinski definition) is 3. The van der Waals surface area contributed by atoms with E-state index in [0.29, 0.717) is 5.56 Å². The summed E-state index contributed by atoms with van der Waals surface area (Å²) in [4.78, 5) is 12.6. The first kappa shape index (κ1) is 17.2. The molecule has 3 aromatic rings. The molecule has 1 amide bonds. The molecule has 0 fully saturated rings. The molecule has 3 rings (SSSR count). The van der Waals surface area contributed by atoms with E-state index >= 15 is 0 Å². The van der Waals surface area contributed by atoms with Crippen LogP contribution in [0.5, 0.6) is 0 Å². The van der Waals surface area contributed by atoms with Gasteiger partial charge in [-0.1, -0.05) is 36.4 Å². The third-order valence-corrected chi connectivity index (χ3v) is 5.29. The van der Waals surface area contributed by atoms with Crippen molar-refractivity contribution in [2.24, 2.45) is 0 Å². The van der Waals surface area contributed by atoms with Gasteiger partial charge in [-0.2, -0.15) is 0 Å². The van der Waals surface area contributed by atoms with Gasteiger partial charge in [-0.15, -0.1) is 0 Å². The molecule has 0 heterocycles. The van der Waals surface area contributed by atoms with Gasteiger partial charge in [0.2, 0.25) is 0 Å². The van der Waals surface area contributed by atoms with E-state index in [9.17, 15) is 13.2 Å². The number of sulfone groups is 1. The number of nitrogens with one attached hydrogen (secondary N) is 1. The third-order valence-electron chi connectivity index (χ3n) is 4.17. The minimum absolute atomic E-state index is 0.160. The summed E-state index contributed by atoms with van der Waals surface area (Å²) in [7, 11) is -3.26. The van der Waals surface area contributed by atoms with Crippen molar-refractivity contribution in [2.45, 2.75) is 17.9 Å². The zero-order valence-electron chi connectivity index (χ0n) is 14.1. The van der Waals surface area contributed by atoms with Gasteiger partial charge in [0.15, 0.2) is 9.84 Å². The van der Waals surface area contributed by atoms with Crippen LogP contribution in [0, 0.1) is 0 Å². The van der Waals surface area contributed by atoms with Gasteiger partial charge in [-0.25, -0.2) is 8.42 Å². The highest BCUT2D eigenvalue weighted by Crippen LogP contribution is 2.20. The molecule has 0 aliphatic carbocycles. The second-order valence-corrected chi connectivity index (χ2v) is 8.11. The number of amides is 1. The molecule has 128 valence electrons. The van der Waals surface area contributed by atoms with Crippen molar-refractivity contribution < 1.29 is 13.2 Å². The summed E-state index contributed by atoms with van der Waals surface area (Å²) >= 11 is 0. The minimum atomic E-state index is -3.26. The molecule has 0 aliphatic rings. The Morgan fingerprint density at radius 2 is 1.56 bits per heavy atom. The van der Waals surface area contributed by atoms with Gasteiger partial charge in [0.1, 0.15) is 0 Å². The molecular weight excluding hydrogens is 334 g/mol. The van der Waals surface area contributed by atoms with Gasteiger partial charge in [0.25, 0.3) is 5.91 Å². The number of benzene rings is 3. The maximum Gasteiger partial charge on any atom is 0.251 e. The molecule has 0 spiro atoms. The second-order valence-electron chi connectivity index (χ2n) is 6.10. The van der Waals surface area contributed by atoms with Crippen molar-refractivity contribution >= 4 is 26.5 Å². The normalized spacial score (nSPS) is 12.7. The average Bonchev–Trinajstić information content (AvgIpc) is 2.60. The van der Waals surface area contributed by atoms with E-state index in [4.69, 9.17) is 0 Å². The fraction of sp³-hybridized carbons (Fsp3) is 0.150. The summed E-state index contributed by atoms with van der Waals surface area (Å²) in [6.07, 6.45) is 1.14. The van der Waals surface area contributed by atoms with Crippen LogP contribution in [-0.4, -0.2) is 20.6 Å².